The maximum absolute atomic E-state index is 13.4. The quantitative estimate of drug-likeness (QED) is 0.902. The van der Waals surface area contributed by atoms with Gasteiger partial charge in [0.25, 0.3) is 0 Å². The number of nitrogens with one attached hydrogen (secondary N) is 1. The molecule has 0 bridgehead atoms. The van der Waals surface area contributed by atoms with Crippen molar-refractivity contribution in [3.63, 3.8) is 0 Å². The number of amides is 1. The molecule has 0 aliphatic carbocycles. The van der Waals surface area contributed by atoms with Gasteiger partial charge in [0.1, 0.15) is 0 Å². The zero-order valence-corrected chi connectivity index (χ0v) is 10.6. The molecule has 2 rings (SSSR count). The summed E-state index contributed by atoms with van der Waals surface area (Å²) in [5.41, 5.74) is 6.51. The highest BCUT2D eigenvalue weighted by molar-refractivity contribution is 5.91. The number of benzene rings is 2. The molecule has 0 fully saturated rings. The van der Waals surface area contributed by atoms with E-state index in [0.717, 1.165) is 11.6 Å². The van der Waals surface area contributed by atoms with Gasteiger partial charge >= 0.3 is 0 Å². The van der Waals surface area contributed by atoms with Crippen molar-refractivity contribution in [2.24, 2.45) is 5.73 Å². The van der Waals surface area contributed by atoms with Crippen LogP contribution in [0.25, 0.3) is 0 Å². The lowest BCUT2D eigenvalue weighted by molar-refractivity contribution is -0.116. The molecular weight excluding hydrogens is 262 g/mol. The standard InChI is InChI=1S/C15H14F2N2O/c16-11-7-4-8-13(15(11)17)19-14(20)9-12(18)10-5-2-1-3-6-10/h1-8,12H,9,18H2,(H,19,20). The van der Waals surface area contributed by atoms with Crippen molar-refractivity contribution in [1.82, 2.24) is 0 Å². The third-order valence-electron chi connectivity index (χ3n) is 2.86. The molecule has 20 heavy (non-hydrogen) atoms. The fraction of sp³-hybridized carbons (Fsp3) is 0.133. The smallest absolute Gasteiger partial charge is 0.226 e. The first-order valence-electron chi connectivity index (χ1n) is 6.12. The predicted octanol–water partition coefficient (Wildman–Crippen LogP) is 2.99. The second kappa shape index (κ2) is 6.25. The van der Waals surface area contributed by atoms with Gasteiger partial charge in [-0.15, -0.1) is 0 Å². The lowest BCUT2D eigenvalue weighted by atomic mass is 10.0. The van der Waals surface area contributed by atoms with E-state index in [1.54, 1.807) is 12.1 Å². The third-order valence-corrected chi connectivity index (χ3v) is 2.86. The van der Waals surface area contributed by atoms with E-state index in [1.807, 2.05) is 18.2 Å². The van der Waals surface area contributed by atoms with Gasteiger partial charge in [-0.25, -0.2) is 8.78 Å². The SMILES string of the molecule is NC(CC(=O)Nc1cccc(F)c1F)c1ccccc1. The number of hydrogen-bond acceptors (Lipinski definition) is 2. The Bertz CT molecular complexity index is 602. The molecular formula is C15H14F2N2O. The van der Waals surface area contributed by atoms with Crippen molar-refractivity contribution < 1.29 is 13.6 Å². The van der Waals surface area contributed by atoms with E-state index in [9.17, 15) is 13.6 Å². The molecule has 1 unspecified atom stereocenters. The molecule has 0 saturated heterocycles. The van der Waals surface area contributed by atoms with E-state index in [0.29, 0.717) is 0 Å². The number of anilines is 1. The van der Waals surface area contributed by atoms with Gasteiger partial charge < -0.3 is 11.1 Å². The first kappa shape index (κ1) is 14.1. The summed E-state index contributed by atoms with van der Waals surface area (Å²) in [6.45, 7) is 0. The molecule has 0 saturated carbocycles. The number of rotatable bonds is 4. The van der Waals surface area contributed by atoms with Crippen LogP contribution in [0.15, 0.2) is 48.5 Å². The Kier molecular flexibility index (Phi) is 4.42. The van der Waals surface area contributed by atoms with Gasteiger partial charge in [-0.2, -0.15) is 0 Å². The van der Waals surface area contributed by atoms with Crippen LogP contribution in [0.5, 0.6) is 0 Å². The van der Waals surface area contributed by atoms with Crippen LogP contribution in [-0.4, -0.2) is 5.91 Å². The van der Waals surface area contributed by atoms with E-state index in [-0.39, 0.29) is 12.1 Å². The average Bonchev–Trinajstić information content (AvgIpc) is 2.45. The number of carbonyl (C=O) groups excluding carboxylic acids is 1. The second-order valence-corrected chi connectivity index (χ2v) is 4.37. The second-order valence-electron chi connectivity index (χ2n) is 4.37. The van der Waals surface area contributed by atoms with Crippen molar-refractivity contribution >= 4 is 11.6 Å². The molecule has 3 nitrogen and oxygen atoms in total. The number of halogens is 2. The monoisotopic (exact) mass is 276 g/mol. The Hall–Kier alpha value is -2.27. The van der Waals surface area contributed by atoms with Gasteiger partial charge in [0, 0.05) is 12.5 Å². The maximum atomic E-state index is 13.4. The predicted molar refractivity (Wildman–Crippen MR) is 73.0 cm³/mol. The largest absolute Gasteiger partial charge is 0.324 e. The van der Waals surface area contributed by atoms with Crippen molar-refractivity contribution in [2.45, 2.75) is 12.5 Å². The maximum Gasteiger partial charge on any atom is 0.226 e. The van der Waals surface area contributed by atoms with E-state index in [1.165, 1.54) is 12.1 Å². The Labute approximate surface area is 115 Å². The molecule has 2 aromatic rings. The number of carbonyl (C=O) groups is 1. The lowest BCUT2D eigenvalue weighted by Crippen LogP contribution is -2.21. The number of nitrogens with two attached hydrogens (primary N) is 1. The fourth-order valence-electron chi connectivity index (χ4n) is 1.82. The topological polar surface area (TPSA) is 55.1 Å². The summed E-state index contributed by atoms with van der Waals surface area (Å²) < 4.78 is 26.4. The normalized spacial score (nSPS) is 11.9. The minimum Gasteiger partial charge on any atom is -0.324 e. The summed E-state index contributed by atoms with van der Waals surface area (Å²) in [6, 6.07) is 12.2. The molecule has 104 valence electrons. The summed E-state index contributed by atoms with van der Waals surface area (Å²) in [4.78, 5) is 11.8. The molecule has 3 N–H and O–H groups in total. The molecule has 1 amide bonds. The summed E-state index contributed by atoms with van der Waals surface area (Å²) in [5.74, 6) is -2.55. The van der Waals surface area contributed by atoms with Crippen LogP contribution in [-0.2, 0) is 4.79 Å². The fourth-order valence-corrected chi connectivity index (χ4v) is 1.82. The molecule has 0 aromatic heterocycles. The van der Waals surface area contributed by atoms with Crippen molar-refractivity contribution in [3.05, 3.63) is 65.7 Å². The summed E-state index contributed by atoms with van der Waals surface area (Å²) in [7, 11) is 0. The van der Waals surface area contributed by atoms with Gasteiger partial charge in [-0.3, -0.25) is 4.79 Å². The molecule has 0 radical (unpaired) electrons. The molecule has 0 heterocycles. The average molecular weight is 276 g/mol. The first-order chi connectivity index (χ1) is 9.58. The Morgan fingerprint density at radius 3 is 2.50 bits per heavy atom. The number of hydrogen-bond donors (Lipinski definition) is 2. The van der Waals surface area contributed by atoms with Crippen molar-refractivity contribution in [1.29, 1.82) is 0 Å². The van der Waals surface area contributed by atoms with E-state index < -0.39 is 23.6 Å². The lowest BCUT2D eigenvalue weighted by Gasteiger charge is -2.12. The van der Waals surface area contributed by atoms with Crippen LogP contribution < -0.4 is 11.1 Å². The summed E-state index contributed by atoms with van der Waals surface area (Å²) >= 11 is 0. The molecule has 2 aromatic carbocycles. The van der Waals surface area contributed by atoms with Gasteiger partial charge in [0.15, 0.2) is 11.6 Å². The van der Waals surface area contributed by atoms with Gasteiger partial charge in [0.05, 0.1) is 5.69 Å². The van der Waals surface area contributed by atoms with Gasteiger partial charge in [0.2, 0.25) is 5.91 Å². The van der Waals surface area contributed by atoms with E-state index >= 15 is 0 Å². The van der Waals surface area contributed by atoms with Crippen LogP contribution in [0.4, 0.5) is 14.5 Å². The van der Waals surface area contributed by atoms with Crippen LogP contribution in [0.3, 0.4) is 0 Å². The van der Waals surface area contributed by atoms with E-state index in [2.05, 4.69) is 5.32 Å². The summed E-state index contributed by atoms with van der Waals surface area (Å²) in [5, 5.41) is 2.32. The summed E-state index contributed by atoms with van der Waals surface area (Å²) in [6.07, 6.45) is -0.0139. The molecule has 5 heteroatoms. The molecule has 1 atom stereocenters. The van der Waals surface area contributed by atoms with Crippen LogP contribution >= 0.6 is 0 Å². The van der Waals surface area contributed by atoms with Crippen molar-refractivity contribution in [3.8, 4) is 0 Å². The van der Waals surface area contributed by atoms with Gasteiger partial charge in [-0.05, 0) is 17.7 Å². The Balaban J connectivity index is 2.01. The van der Waals surface area contributed by atoms with Crippen molar-refractivity contribution in [2.75, 3.05) is 5.32 Å². The molecule has 0 aliphatic rings. The zero-order chi connectivity index (χ0) is 14.5. The van der Waals surface area contributed by atoms with E-state index in [4.69, 9.17) is 5.73 Å². The Morgan fingerprint density at radius 1 is 1.10 bits per heavy atom. The minimum atomic E-state index is -1.07. The minimum absolute atomic E-state index is 0.0139. The van der Waals surface area contributed by atoms with Crippen LogP contribution in [0, 0.1) is 11.6 Å². The van der Waals surface area contributed by atoms with Crippen LogP contribution in [0.1, 0.15) is 18.0 Å². The first-order valence-corrected chi connectivity index (χ1v) is 6.12. The highest BCUT2D eigenvalue weighted by Gasteiger charge is 2.14. The molecule has 0 spiro atoms. The molecule has 0 aliphatic heterocycles. The third kappa shape index (κ3) is 3.39. The van der Waals surface area contributed by atoms with Crippen LogP contribution in [0.2, 0.25) is 0 Å². The van der Waals surface area contributed by atoms with Gasteiger partial charge in [-0.1, -0.05) is 36.4 Å². The zero-order valence-electron chi connectivity index (χ0n) is 10.6. The Morgan fingerprint density at radius 2 is 1.80 bits per heavy atom. The highest BCUT2D eigenvalue weighted by Crippen LogP contribution is 2.18. The highest BCUT2D eigenvalue weighted by atomic mass is 19.2.